The average Bonchev–Trinajstić information content (AvgIpc) is 3.00. The number of hydrazine groups is 1. The monoisotopic (exact) mass is 431 g/mol. The highest BCUT2D eigenvalue weighted by Crippen LogP contribution is 2.28. The van der Waals surface area contributed by atoms with Crippen LogP contribution >= 0.6 is 11.3 Å². The van der Waals surface area contributed by atoms with Crippen molar-refractivity contribution in [3.8, 4) is 0 Å². The summed E-state index contributed by atoms with van der Waals surface area (Å²) < 4.78 is 13.0. The molecule has 30 heavy (non-hydrogen) atoms. The smallest absolute Gasteiger partial charge is 0.279 e. The van der Waals surface area contributed by atoms with Crippen LogP contribution in [0.25, 0.3) is 0 Å². The summed E-state index contributed by atoms with van der Waals surface area (Å²) in [5, 5.41) is 2.64. The fraction of sp³-hybridized carbons (Fsp3) is 0.409. The van der Waals surface area contributed by atoms with Crippen LogP contribution in [0.1, 0.15) is 63.6 Å². The molecule has 1 atom stereocenters. The molecule has 8 heteroatoms. The first-order valence-electron chi connectivity index (χ1n) is 10.1. The Morgan fingerprint density at radius 3 is 2.37 bits per heavy atom. The molecule has 0 unspecified atom stereocenters. The van der Waals surface area contributed by atoms with E-state index in [9.17, 15) is 18.8 Å². The zero-order valence-corrected chi connectivity index (χ0v) is 17.9. The van der Waals surface area contributed by atoms with E-state index in [2.05, 4.69) is 16.2 Å². The number of nitrogens with one attached hydrogen (secondary N) is 3. The third-order valence-corrected chi connectivity index (χ3v) is 6.35. The van der Waals surface area contributed by atoms with Gasteiger partial charge in [-0.15, -0.1) is 11.3 Å². The lowest BCUT2D eigenvalue weighted by molar-refractivity contribution is -0.124. The van der Waals surface area contributed by atoms with Gasteiger partial charge in [0.1, 0.15) is 11.9 Å². The van der Waals surface area contributed by atoms with Crippen molar-refractivity contribution in [2.24, 2.45) is 5.92 Å². The minimum atomic E-state index is -0.858. The molecule has 3 rings (SSSR count). The first-order valence-corrected chi connectivity index (χ1v) is 10.9. The minimum Gasteiger partial charge on any atom is -0.340 e. The molecule has 3 amide bonds. The molecule has 0 bridgehead atoms. The quantitative estimate of drug-likeness (QED) is 0.501. The highest BCUT2D eigenvalue weighted by Gasteiger charge is 2.25. The minimum absolute atomic E-state index is 0.218. The number of halogens is 1. The first-order chi connectivity index (χ1) is 14.3. The SMILES string of the molecule is CC(C)[C@H](NC(=O)c1ccc(F)cc1)C(=O)NNC(=O)c1cc2c(s1)CCCCC2. The summed E-state index contributed by atoms with van der Waals surface area (Å²) in [6.45, 7) is 3.57. The van der Waals surface area contributed by atoms with Gasteiger partial charge in [-0.3, -0.25) is 25.2 Å². The van der Waals surface area contributed by atoms with Crippen molar-refractivity contribution in [3.63, 3.8) is 0 Å². The molecule has 0 fully saturated rings. The highest BCUT2D eigenvalue weighted by atomic mass is 32.1. The Morgan fingerprint density at radius 1 is 0.967 bits per heavy atom. The van der Waals surface area contributed by atoms with Crippen LogP contribution in [0.3, 0.4) is 0 Å². The molecule has 2 aromatic rings. The predicted octanol–water partition coefficient (Wildman–Crippen LogP) is 3.37. The molecule has 0 saturated heterocycles. The van der Waals surface area contributed by atoms with Crippen LogP contribution in [-0.4, -0.2) is 23.8 Å². The zero-order valence-electron chi connectivity index (χ0n) is 17.1. The Bertz CT molecular complexity index is 901. The zero-order chi connectivity index (χ0) is 21.7. The highest BCUT2D eigenvalue weighted by molar-refractivity contribution is 7.14. The lowest BCUT2D eigenvalue weighted by atomic mass is 10.0. The lowest BCUT2D eigenvalue weighted by Crippen LogP contribution is -2.54. The summed E-state index contributed by atoms with van der Waals surface area (Å²) >= 11 is 1.47. The van der Waals surface area contributed by atoms with Gasteiger partial charge >= 0.3 is 0 Å². The largest absolute Gasteiger partial charge is 0.340 e. The van der Waals surface area contributed by atoms with Gasteiger partial charge in [-0.2, -0.15) is 0 Å². The molecular formula is C22H26FN3O3S. The van der Waals surface area contributed by atoms with Crippen molar-refractivity contribution in [3.05, 3.63) is 57.0 Å². The van der Waals surface area contributed by atoms with E-state index in [1.54, 1.807) is 13.8 Å². The summed E-state index contributed by atoms with van der Waals surface area (Å²) in [5.41, 5.74) is 6.34. The van der Waals surface area contributed by atoms with E-state index >= 15 is 0 Å². The molecule has 3 N–H and O–H groups in total. The molecule has 1 aromatic carbocycles. The number of carbonyl (C=O) groups is 3. The van der Waals surface area contributed by atoms with Gasteiger partial charge in [0, 0.05) is 10.4 Å². The molecule has 0 radical (unpaired) electrons. The Hall–Kier alpha value is -2.74. The van der Waals surface area contributed by atoms with Crippen LogP contribution in [-0.2, 0) is 17.6 Å². The summed E-state index contributed by atoms with van der Waals surface area (Å²) in [7, 11) is 0. The van der Waals surface area contributed by atoms with Gasteiger partial charge in [-0.25, -0.2) is 4.39 Å². The van der Waals surface area contributed by atoms with Gasteiger partial charge in [0.25, 0.3) is 17.7 Å². The number of amides is 3. The molecule has 0 aliphatic heterocycles. The summed E-state index contributed by atoms with van der Waals surface area (Å²) in [6, 6.07) is 6.11. The van der Waals surface area contributed by atoms with Gasteiger partial charge < -0.3 is 5.32 Å². The third-order valence-electron chi connectivity index (χ3n) is 5.11. The van der Waals surface area contributed by atoms with Gasteiger partial charge in [-0.1, -0.05) is 20.3 Å². The van der Waals surface area contributed by atoms with Gasteiger partial charge in [0.05, 0.1) is 4.88 Å². The van der Waals surface area contributed by atoms with Crippen LogP contribution in [0.2, 0.25) is 0 Å². The topological polar surface area (TPSA) is 87.3 Å². The van der Waals surface area contributed by atoms with Gasteiger partial charge in [0.15, 0.2) is 0 Å². The van der Waals surface area contributed by atoms with E-state index in [4.69, 9.17) is 0 Å². The van der Waals surface area contributed by atoms with Crippen LogP contribution in [0, 0.1) is 11.7 Å². The van der Waals surface area contributed by atoms with E-state index in [1.807, 2.05) is 6.07 Å². The molecule has 0 spiro atoms. The second kappa shape index (κ2) is 9.84. The normalized spacial score (nSPS) is 14.4. The fourth-order valence-corrected chi connectivity index (χ4v) is 4.55. The number of fused-ring (bicyclic) bond motifs is 1. The van der Waals surface area contributed by atoms with E-state index < -0.39 is 23.7 Å². The standard InChI is InChI=1S/C22H26FN3O3S/c1-13(2)19(24-20(27)14-8-10-16(23)11-9-14)22(29)26-25-21(28)18-12-15-6-4-3-5-7-17(15)30-18/h8-13,19H,3-7H2,1-2H3,(H,24,27)(H,25,28)(H,26,29)/t19-/m0/s1. The Labute approximate surface area is 179 Å². The van der Waals surface area contributed by atoms with Crippen molar-refractivity contribution in [2.75, 3.05) is 0 Å². The number of thiophene rings is 1. The molecular weight excluding hydrogens is 405 g/mol. The van der Waals surface area contributed by atoms with E-state index in [0.29, 0.717) is 4.88 Å². The van der Waals surface area contributed by atoms with Gasteiger partial charge in [0.2, 0.25) is 0 Å². The Morgan fingerprint density at radius 2 is 1.67 bits per heavy atom. The van der Waals surface area contributed by atoms with Crippen molar-refractivity contribution in [1.82, 2.24) is 16.2 Å². The maximum Gasteiger partial charge on any atom is 0.279 e. The molecule has 6 nitrogen and oxygen atoms in total. The molecule has 0 saturated carbocycles. The maximum atomic E-state index is 13.0. The van der Waals surface area contributed by atoms with Crippen LogP contribution in [0.4, 0.5) is 4.39 Å². The number of hydrogen-bond donors (Lipinski definition) is 3. The summed E-state index contributed by atoms with van der Waals surface area (Å²) in [6.07, 6.45) is 5.44. The number of benzene rings is 1. The van der Waals surface area contributed by atoms with Crippen LogP contribution in [0.15, 0.2) is 30.3 Å². The van der Waals surface area contributed by atoms with Crippen molar-refractivity contribution in [1.29, 1.82) is 0 Å². The molecule has 1 heterocycles. The lowest BCUT2D eigenvalue weighted by Gasteiger charge is -2.21. The van der Waals surface area contributed by atoms with E-state index in [0.717, 1.165) is 25.7 Å². The van der Waals surface area contributed by atoms with Crippen molar-refractivity contribution in [2.45, 2.75) is 52.0 Å². The van der Waals surface area contributed by atoms with Gasteiger partial charge in [-0.05, 0) is 67.5 Å². The summed E-state index contributed by atoms with van der Waals surface area (Å²) in [5.74, 6) is -2.04. The first kappa shape index (κ1) is 22.0. The van der Waals surface area contributed by atoms with Crippen molar-refractivity contribution >= 4 is 29.1 Å². The summed E-state index contributed by atoms with van der Waals surface area (Å²) in [4.78, 5) is 39.3. The number of hydrogen-bond acceptors (Lipinski definition) is 4. The number of rotatable bonds is 5. The van der Waals surface area contributed by atoms with Crippen LogP contribution < -0.4 is 16.2 Å². The second-order valence-electron chi connectivity index (χ2n) is 7.77. The van der Waals surface area contributed by atoms with Crippen molar-refractivity contribution < 1.29 is 18.8 Å². The van der Waals surface area contributed by atoms with E-state index in [-0.39, 0.29) is 17.4 Å². The average molecular weight is 432 g/mol. The van der Waals surface area contributed by atoms with E-state index in [1.165, 1.54) is 52.5 Å². The molecule has 1 aliphatic carbocycles. The Kier molecular flexibility index (Phi) is 7.20. The number of aryl methyl sites for hydroxylation is 2. The predicted molar refractivity (Wildman–Crippen MR) is 114 cm³/mol. The maximum absolute atomic E-state index is 13.0. The third kappa shape index (κ3) is 5.44. The number of carbonyl (C=O) groups excluding carboxylic acids is 3. The Balaban J connectivity index is 1.59. The molecule has 1 aliphatic rings. The molecule has 160 valence electrons. The second-order valence-corrected chi connectivity index (χ2v) is 8.90. The van der Waals surface area contributed by atoms with Crippen LogP contribution in [0.5, 0.6) is 0 Å². The molecule has 1 aromatic heterocycles. The fourth-order valence-electron chi connectivity index (χ4n) is 3.40.